The average molecular weight is 219 g/mol. The standard InChI is InChI=1S/C13H17NO2/c15-9-7-13(6-8-14-12(13)16)10-11-4-2-1-3-5-11/h1-5,15H,6-10H2,(H,14,16). The number of carbonyl (C=O) groups excluding carboxylic acids is 1. The normalized spacial score (nSPS) is 24.4. The zero-order valence-electron chi connectivity index (χ0n) is 9.28. The van der Waals surface area contributed by atoms with E-state index in [1.807, 2.05) is 30.3 Å². The highest BCUT2D eigenvalue weighted by atomic mass is 16.3. The van der Waals surface area contributed by atoms with Gasteiger partial charge in [-0.3, -0.25) is 4.79 Å². The maximum atomic E-state index is 11.9. The van der Waals surface area contributed by atoms with Crippen LogP contribution < -0.4 is 5.32 Å². The topological polar surface area (TPSA) is 49.3 Å². The van der Waals surface area contributed by atoms with Crippen LogP contribution in [0.3, 0.4) is 0 Å². The molecule has 1 atom stereocenters. The van der Waals surface area contributed by atoms with Gasteiger partial charge in [-0.1, -0.05) is 30.3 Å². The summed E-state index contributed by atoms with van der Waals surface area (Å²) in [7, 11) is 0. The first-order valence-corrected chi connectivity index (χ1v) is 5.70. The van der Waals surface area contributed by atoms with Gasteiger partial charge in [0.2, 0.25) is 5.91 Å². The average Bonchev–Trinajstić information content (AvgIpc) is 2.62. The fraction of sp³-hybridized carbons (Fsp3) is 0.462. The summed E-state index contributed by atoms with van der Waals surface area (Å²) in [5.74, 6) is 0.0883. The van der Waals surface area contributed by atoms with Gasteiger partial charge in [0.1, 0.15) is 0 Å². The Kier molecular flexibility index (Phi) is 3.25. The summed E-state index contributed by atoms with van der Waals surface area (Å²) in [6.07, 6.45) is 2.09. The predicted molar refractivity (Wildman–Crippen MR) is 61.9 cm³/mol. The summed E-state index contributed by atoms with van der Waals surface area (Å²) < 4.78 is 0. The Labute approximate surface area is 95.5 Å². The molecule has 1 fully saturated rings. The molecule has 1 heterocycles. The van der Waals surface area contributed by atoms with Crippen LogP contribution in [0.5, 0.6) is 0 Å². The number of benzene rings is 1. The van der Waals surface area contributed by atoms with E-state index < -0.39 is 5.41 Å². The number of nitrogens with one attached hydrogen (secondary N) is 1. The summed E-state index contributed by atoms with van der Waals surface area (Å²) in [5, 5.41) is 12.0. The van der Waals surface area contributed by atoms with Crippen LogP contribution in [-0.4, -0.2) is 24.2 Å². The molecule has 1 amide bonds. The number of carbonyl (C=O) groups is 1. The first kappa shape index (κ1) is 11.1. The summed E-state index contributed by atoms with van der Waals surface area (Å²) in [4.78, 5) is 11.9. The number of aliphatic hydroxyl groups is 1. The highest BCUT2D eigenvalue weighted by molar-refractivity contribution is 5.85. The molecule has 86 valence electrons. The van der Waals surface area contributed by atoms with Crippen LogP contribution in [0.1, 0.15) is 18.4 Å². The zero-order chi connectivity index (χ0) is 11.4. The summed E-state index contributed by atoms with van der Waals surface area (Å²) >= 11 is 0. The van der Waals surface area contributed by atoms with E-state index in [0.717, 1.165) is 24.9 Å². The van der Waals surface area contributed by atoms with Crippen molar-refractivity contribution in [1.82, 2.24) is 5.32 Å². The number of aliphatic hydroxyl groups excluding tert-OH is 1. The lowest BCUT2D eigenvalue weighted by atomic mass is 9.77. The van der Waals surface area contributed by atoms with Crippen LogP contribution in [0.2, 0.25) is 0 Å². The fourth-order valence-corrected chi connectivity index (χ4v) is 2.41. The molecule has 0 spiro atoms. The van der Waals surface area contributed by atoms with Crippen LogP contribution in [-0.2, 0) is 11.2 Å². The van der Waals surface area contributed by atoms with E-state index in [1.165, 1.54) is 0 Å². The van der Waals surface area contributed by atoms with Crippen LogP contribution in [0.25, 0.3) is 0 Å². The maximum absolute atomic E-state index is 11.9. The van der Waals surface area contributed by atoms with E-state index in [0.29, 0.717) is 6.42 Å². The molecule has 1 aliphatic rings. The number of hydrogen-bond acceptors (Lipinski definition) is 2. The molecule has 0 radical (unpaired) electrons. The van der Waals surface area contributed by atoms with Crippen molar-refractivity contribution in [2.24, 2.45) is 5.41 Å². The van der Waals surface area contributed by atoms with Gasteiger partial charge in [0.05, 0.1) is 5.41 Å². The summed E-state index contributed by atoms with van der Waals surface area (Å²) in [6, 6.07) is 10.00. The molecule has 0 aliphatic carbocycles. The van der Waals surface area contributed by atoms with Crippen molar-refractivity contribution in [2.45, 2.75) is 19.3 Å². The van der Waals surface area contributed by atoms with Crippen molar-refractivity contribution >= 4 is 5.91 Å². The first-order chi connectivity index (χ1) is 7.77. The molecule has 3 nitrogen and oxygen atoms in total. The van der Waals surface area contributed by atoms with E-state index >= 15 is 0 Å². The third kappa shape index (κ3) is 2.09. The van der Waals surface area contributed by atoms with Gasteiger partial charge in [0.15, 0.2) is 0 Å². The summed E-state index contributed by atoms with van der Waals surface area (Å²) in [5.41, 5.74) is 0.767. The van der Waals surface area contributed by atoms with Crippen molar-refractivity contribution < 1.29 is 9.90 Å². The Bertz CT molecular complexity index is 363. The summed E-state index contributed by atoms with van der Waals surface area (Å²) in [6.45, 7) is 0.798. The smallest absolute Gasteiger partial charge is 0.226 e. The van der Waals surface area contributed by atoms with Crippen molar-refractivity contribution in [3.05, 3.63) is 35.9 Å². The van der Waals surface area contributed by atoms with Gasteiger partial charge in [-0.2, -0.15) is 0 Å². The SMILES string of the molecule is O=C1NCCC1(CCO)Cc1ccccc1. The van der Waals surface area contributed by atoms with Crippen molar-refractivity contribution in [3.8, 4) is 0 Å². The highest BCUT2D eigenvalue weighted by Crippen LogP contribution is 2.34. The molecule has 1 aromatic carbocycles. The van der Waals surface area contributed by atoms with Gasteiger partial charge in [0.25, 0.3) is 0 Å². The van der Waals surface area contributed by atoms with Crippen molar-refractivity contribution in [2.75, 3.05) is 13.2 Å². The molecular weight excluding hydrogens is 202 g/mol. The van der Waals surface area contributed by atoms with Crippen molar-refractivity contribution in [1.29, 1.82) is 0 Å². The minimum absolute atomic E-state index is 0.0697. The van der Waals surface area contributed by atoms with E-state index in [1.54, 1.807) is 0 Å². The minimum atomic E-state index is -0.393. The molecule has 3 heteroatoms. The molecule has 1 saturated heterocycles. The number of amides is 1. The number of rotatable bonds is 4. The lowest BCUT2D eigenvalue weighted by molar-refractivity contribution is -0.128. The van der Waals surface area contributed by atoms with Crippen LogP contribution in [0.4, 0.5) is 0 Å². The number of hydrogen-bond donors (Lipinski definition) is 2. The molecule has 0 aromatic heterocycles. The monoisotopic (exact) mass is 219 g/mol. The van der Waals surface area contributed by atoms with Gasteiger partial charge in [-0.05, 0) is 24.8 Å². The van der Waals surface area contributed by atoms with E-state index in [9.17, 15) is 4.79 Å². The minimum Gasteiger partial charge on any atom is -0.396 e. The van der Waals surface area contributed by atoms with Gasteiger partial charge in [0, 0.05) is 13.2 Å². The Morgan fingerprint density at radius 1 is 1.31 bits per heavy atom. The Hall–Kier alpha value is -1.35. The quantitative estimate of drug-likeness (QED) is 0.797. The molecule has 0 saturated carbocycles. The predicted octanol–water partition coefficient (Wildman–Crippen LogP) is 1.12. The van der Waals surface area contributed by atoms with Crippen LogP contribution in [0.15, 0.2) is 30.3 Å². The zero-order valence-corrected chi connectivity index (χ0v) is 9.28. The van der Waals surface area contributed by atoms with Gasteiger partial charge in [-0.25, -0.2) is 0 Å². The van der Waals surface area contributed by atoms with Gasteiger partial charge in [-0.15, -0.1) is 0 Å². The molecule has 16 heavy (non-hydrogen) atoms. The Morgan fingerprint density at radius 2 is 2.06 bits per heavy atom. The largest absolute Gasteiger partial charge is 0.396 e. The molecule has 2 N–H and O–H groups in total. The van der Waals surface area contributed by atoms with E-state index in [4.69, 9.17) is 5.11 Å². The lowest BCUT2D eigenvalue weighted by Gasteiger charge is -2.25. The first-order valence-electron chi connectivity index (χ1n) is 5.70. The molecule has 1 aliphatic heterocycles. The molecule has 1 aromatic rings. The van der Waals surface area contributed by atoms with Gasteiger partial charge >= 0.3 is 0 Å². The second-order valence-corrected chi connectivity index (χ2v) is 4.42. The van der Waals surface area contributed by atoms with E-state index in [-0.39, 0.29) is 12.5 Å². The molecular formula is C13H17NO2. The van der Waals surface area contributed by atoms with Crippen LogP contribution in [0, 0.1) is 5.41 Å². The Balaban J connectivity index is 2.18. The third-order valence-corrected chi connectivity index (χ3v) is 3.35. The van der Waals surface area contributed by atoms with Crippen LogP contribution >= 0.6 is 0 Å². The lowest BCUT2D eigenvalue weighted by Crippen LogP contribution is -2.34. The maximum Gasteiger partial charge on any atom is 0.226 e. The van der Waals surface area contributed by atoms with Crippen molar-refractivity contribution in [3.63, 3.8) is 0 Å². The Morgan fingerprint density at radius 3 is 2.62 bits per heavy atom. The third-order valence-electron chi connectivity index (χ3n) is 3.35. The fourth-order valence-electron chi connectivity index (χ4n) is 2.41. The molecule has 0 bridgehead atoms. The molecule has 2 rings (SSSR count). The molecule has 1 unspecified atom stereocenters. The van der Waals surface area contributed by atoms with E-state index in [2.05, 4.69) is 5.32 Å². The van der Waals surface area contributed by atoms with Gasteiger partial charge < -0.3 is 10.4 Å². The highest BCUT2D eigenvalue weighted by Gasteiger charge is 2.41. The second-order valence-electron chi connectivity index (χ2n) is 4.42. The second kappa shape index (κ2) is 4.66.